The summed E-state index contributed by atoms with van der Waals surface area (Å²) in [4.78, 5) is 15.8. The highest BCUT2D eigenvalue weighted by Gasteiger charge is 2.36. The molecule has 0 bridgehead atoms. The first-order valence-electron chi connectivity index (χ1n) is 7.66. The second-order valence-corrected chi connectivity index (χ2v) is 7.26. The van der Waals surface area contributed by atoms with Gasteiger partial charge < -0.3 is 5.32 Å². The number of nitriles is 1. The number of carbonyl (C=O) groups is 1. The number of guanidine groups is 1. The van der Waals surface area contributed by atoms with Gasteiger partial charge in [0.2, 0.25) is 5.91 Å². The van der Waals surface area contributed by atoms with Crippen LogP contribution in [0.4, 0.5) is 0 Å². The van der Waals surface area contributed by atoms with Gasteiger partial charge >= 0.3 is 0 Å². The van der Waals surface area contributed by atoms with Crippen LogP contribution in [0, 0.1) is 29.6 Å². The van der Waals surface area contributed by atoms with E-state index >= 15 is 0 Å². The van der Waals surface area contributed by atoms with E-state index < -0.39 is 0 Å². The zero-order valence-corrected chi connectivity index (χ0v) is 14.6. The Bertz CT molecular complexity index is 864. The highest BCUT2D eigenvalue weighted by atomic mass is 32.1. The fourth-order valence-corrected chi connectivity index (χ4v) is 4.15. The summed E-state index contributed by atoms with van der Waals surface area (Å²) in [5, 5.41) is 20.1. The summed E-state index contributed by atoms with van der Waals surface area (Å²) in [6, 6.07) is 11.5. The first kappa shape index (κ1) is 16.2. The van der Waals surface area contributed by atoms with Crippen LogP contribution in [0.2, 0.25) is 0 Å². The smallest absolute Gasteiger partial charge is 0.234 e. The van der Waals surface area contributed by atoms with Crippen LogP contribution < -0.4 is 5.32 Å². The molecule has 0 unspecified atom stereocenters. The largest absolute Gasteiger partial charge is 0.348 e. The Hall–Kier alpha value is -2.65. The molecule has 24 heavy (non-hydrogen) atoms. The van der Waals surface area contributed by atoms with Gasteiger partial charge in [-0.3, -0.25) is 15.1 Å². The van der Waals surface area contributed by atoms with Gasteiger partial charge in [-0.15, -0.1) is 11.3 Å². The predicted molar refractivity (Wildman–Crippen MR) is 94.7 cm³/mol. The second kappa shape index (κ2) is 6.10. The quantitative estimate of drug-likeness (QED) is 0.882. The molecule has 0 aliphatic carbocycles. The minimum Gasteiger partial charge on any atom is -0.348 e. The van der Waals surface area contributed by atoms with Crippen LogP contribution in [0.15, 0.2) is 30.3 Å². The number of aryl methyl sites for hydroxylation is 1. The fourth-order valence-electron chi connectivity index (χ4n) is 2.95. The van der Waals surface area contributed by atoms with Crippen molar-refractivity contribution in [3.05, 3.63) is 45.6 Å². The molecule has 1 aliphatic rings. The minimum absolute atomic E-state index is 0.0529. The van der Waals surface area contributed by atoms with Gasteiger partial charge in [-0.2, -0.15) is 5.26 Å². The van der Waals surface area contributed by atoms with Crippen LogP contribution >= 0.6 is 11.3 Å². The Morgan fingerprint density at radius 3 is 2.83 bits per heavy atom. The number of amides is 1. The van der Waals surface area contributed by atoms with Crippen molar-refractivity contribution in [2.75, 3.05) is 7.05 Å². The number of nitrogens with zero attached hydrogens (tertiary/aromatic N) is 2. The van der Waals surface area contributed by atoms with Crippen molar-refractivity contribution in [1.82, 2.24) is 10.2 Å². The van der Waals surface area contributed by atoms with E-state index in [1.54, 1.807) is 24.5 Å². The van der Waals surface area contributed by atoms with E-state index in [0.717, 1.165) is 20.9 Å². The first-order valence-corrected chi connectivity index (χ1v) is 8.47. The number of rotatable bonds is 2. The molecule has 1 aromatic heterocycles. The van der Waals surface area contributed by atoms with Gasteiger partial charge in [-0.25, -0.2) is 0 Å². The van der Waals surface area contributed by atoms with Crippen molar-refractivity contribution in [3.8, 4) is 17.2 Å². The Morgan fingerprint density at radius 1 is 1.38 bits per heavy atom. The monoisotopic (exact) mass is 338 g/mol. The molecular weight excluding hydrogens is 320 g/mol. The van der Waals surface area contributed by atoms with Gasteiger partial charge in [-0.05, 0) is 36.2 Å². The second-order valence-electron chi connectivity index (χ2n) is 5.97. The third-order valence-electron chi connectivity index (χ3n) is 4.39. The van der Waals surface area contributed by atoms with Crippen molar-refractivity contribution < 1.29 is 4.79 Å². The molecule has 1 saturated heterocycles. The van der Waals surface area contributed by atoms with Crippen LogP contribution in [0.1, 0.15) is 28.3 Å². The lowest BCUT2D eigenvalue weighted by atomic mass is 9.95. The van der Waals surface area contributed by atoms with E-state index in [4.69, 9.17) is 10.7 Å². The summed E-state index contributed by atoms with van der Waals surface area (Å²) in [5.74, 6) is -0.162. The topological polar surface area (TPSA) is 80.0 Å². The lowest BCUT2D eigenvalue weighted by Gasteiger charge is -2.35. The number of thiophene rings is 1. The fraction of sp³-hybridized carbons (Fsp3) is 0.278. The molecule has 1 aliphatic heterocycles. The number of carbonyl (C=O) groups excluding carboxylic acids is 1. The third-order valence-corrected chi connectivity index (χ3v) is 5.53. The van der Waals surface area contributed by atoms with Crippen molar-refractivity contribution in [3.63, 3.8) is 0 Å². The molecular formula is C18H18N4OS. The maximum Gasteiger partial charge on any atom is 0.234 e. The number of hydrogen-bond acceptors (Lipinski definition) is 4. The van der Waals surface area contributed by atoms with Crippen molar-refractivity contribution in [2.24, 2.45) is 5.92 Å². The van der Waals surface area contributed by atoms with Gasteiger partial charge in [-0.1, -0.05) is 19.1 Å². The molecule has 122 valence electrons. The highest BCUT2D eigenvalue weighted by Crippen LogP contribution is 2.38. The van der Waals surface area contributed by atoms with Gasteiger partial charge in [0, 0.05) is 16.8 Å². The number of nitrogens with one attached hydrogen (secondary N) is 2. The van der Waals surface area contributed by atoms with Gasteiger partial charge in [0.1, 0.15) is 0 Å². The zero-order chi connectivity index (χ0) is 17.4. The maximum atomic E-state index is 12.3. The molecule has 0 spiro atoms. The van der Waals surface area contributed by atoms with Crippen molar-refractivity contribution in [2.45, 2.75) is 19.9 Å². The SMILES string of the molecule is Cc1sc([C@H]2NC(=N)N(C)C(=O)[C@H]2C)cc1-c1cccc(C#N)c1. The summed E-state index contributed by atoms with van der Waals surface area (Å²) in [7, 11) is 1.61. The van der Waals surface area contributed by atoms with E-state index in [1.807, 2.05) is 32.0 Å². The molecule has 1 fully saturated rings. The van der Waals surface area contributed by atoms with E-state index in [1.165, 1.54) is 4.90 Å². The van der Waals surface area contributed by atoms with Crippen LogP contribution in [-0.2, 0) is 4.79 Å². The molecule has 0 saturated carbocycles. The molecule has 6 heteroatoms. The van der Waals surface area contributed by atoms with Gasteiger partial charge in [0.05, 0.1) is 23.6 Å². The summed E-state index contributed by atoms with van der Waals surface area (Å²) in [5.41, 5.74) is 2.69. The highest BCUT2D eigenvalue weighted by molar-refractivity contribution is 7.12. The van der Waals surface area contributed by atoms with Crippen LogP contribution in [0.3, 0.4) is 0 Å². The normalized spacial score (nSPS) is 20.7. The number of benzene rings is 1. The molecule has 2 heterocycles. The molecule has 2 N–H and O–H groups in total. The van der Waals surface area contributed by atoms with Crippen molar-refractivity contribution >= 4 is 23.2 Å². The first-order chi connectivity index (χ1) is 11.4. The summed E-state index contributed by atoms with van der Waals surface area (Å²) in [6.45, 7) is 3.92. The molecule has 1 amide bonds. The molecule has 2 aromatic rings. The average molecular weight is 338 g/mol. The molecule has 1 aromatic carbocycles. The lowest BCUT2D eigenvalue weighted by Crippen LogP contribution is -2.53. The average Bonchev–Trinajstić information content (AvgIpc) is 2.97. The zero-order valence-electron chi connectivity index (χ0n) is 13.8. The third kappa shape index (κ3) is 2.68. The van der Waals surface area contributed by atoms with Crippen LogP contribution in [0.25, 0.3) is 11.1 Å². The lowest BCUT2D eigenvalue weighted by molar-refractivity contribution is -0.132. The van der Waals surface area contributed by atoms with E-state index in [0.29, 0.717) is 5.56 Å². The molecule has 0 radical (unpaired) electrons. The number of hydrogen-bond donors (Lipinski definition) is 2. The van der Waals surface area contributed by atoms with E-state index in [9.17, 15) is 4.79 Å². The Balaban J connectivity index is 1.98. The molecule has 2 atom stereocenters. The summed E-state index contributed by atoms with van der Waals surface area (Å²) < 4.78 is 0. The van der Waals surface area contributed by atoms with Crippen LogP contribution in [-0.4, -0.2) is 23.8 Å². The van der Waals surface area contributed by atoms with Gasteiger partial charge in [0.25, 0.3) is 0 Å². The maximum absolute atomic E-state index is 12.3. The van der Waals surface area contributed by atoms with Crippen molar-refractivity contribution in [1.29, 1.82) is 10.7 Å². The van der Waals surface area contributed by atoms with E-state index in [-0.39, 0.29) is 23.8 Å². The standard InChI is InChI=1S/C18H18N4OS/c1-10-16(21-18(20)22(3)17(10)23)15-8-14(11(2)24-15)13-6-4-5-12(7-13)9-19/h4-8,10,16H,1-3H3,(H2,20,21)/t10-,16-/m0/s1. The predicted octanol–water partition coefficient (Wildman–Crippen LogP) is 3.27. The molecule has 3 rings (SSSR count). The Labute approximate surface area is 145 Å². The Morgan fingerprint density at radius 2 is 2.12 bits per heavy atom. The summed E-state index contributed by atoms with van der Waals surface area (Å²) in [6.07, 6.45) is 0. The Kier molecular flexibility index (Phi) is 4.12. The van der Waals surface area contributed by atoms with Gasteiger partial charge in [0.15, 0.2) is 5.96 Å². The molecule has 5 nitrogen and oxygen atoms in total. The van der Waals surface area contributed by atoms with Crippen LogP contribution in [0.5, 0.6) is 0 Å². The minimum atomic E-state index is -0.236. The van der Waals surface area contributed by atoms with E-state index in [2.05, 4.69) is 17.5 Å². The summed E-state index contributed by atoms with van der Waals surface area (Å²) >= 11 is 1.63.